The summed E-state index contributed by atoms with van der Waals surface area (Å²) in [7, 11) is 0. The van der Waals surface area contributed by atoms with Crippen LogP contribution in [0.1, 0.15) is 13.8 Å². The normalized spacial score (nSPS) is 14.7. The van der Waals surface area contributed by atoms with E-state index < -0.39 is 0 Å². The second-order valence-electron chi connectivity index (χ2n) is 13.7. The molecule has 0 N–H and O–H groups in total. The van der Waals surface area contributed by atoms with Crippen molar-refractivity contribution in [2.45, 2.75) is 19.5 Å². The minimum atomic E-state index is -0.384. The van der Waals surface area contributed by atoms with E-state index in [4.69, 9.17) is 0 Å². The molecule has 3 aliphatic heterocycles. The van der Waals surface area contributed by atoms with E-state index in [1.54, 1.807) is 0 Å². The predicted octanol–water partition coefficient (Wildman–Crippen LogP) is 9.66. The van der Waals surface area contributed by atoms with E-state index in [2.05, 4.69) is 198 Å². The Bertz CT molecular complexity index is 2390. The number of anilines is 7. The molecule has 0 aliphatic carbocycles. The van der Waals surface area contributed by atoms with Crippen LogP contribution in [0.3, 0.4) is 0 Å². The molecule has 0 amide bonds. The van der Waals surface area contributed by atoms with Gasteiger partial charge in [-0.1, -0.05) is 121 Å². The summed E-state index contributed by atoms with van der Waals surface area (Å²) in [6, 6.07) is 62.2. The van der Waals surface area contributed by atoms with Gasteiger partial charge in [0, 0.05) is 28.4 Å². The zero-order valence-corrected chi connectivity index (χ0v) is 27.6. The topological polar surface area (TPSA) is 9.72 Å². The molecule has 49 heavy (non-hydrogen) atoms. The SMILES string of the molecule is CC1(C)N(c2ccccc2)c2cccc3c2N1c1cc(-c2ccccc2-c2ccccc2)cc2c1B3c1ccccc1N2c1ccccc1. The van der Waals surface area contributed by atoms with Crippen molar-refractivity contribution in [2.75, 3.05) is 14.7 Å². The minimum Gasteiger partial charge on any atom is -0.317 e. The van der Waals surface area contributed by atoms with Crippen molar-refractivity contribution in [3.05, 3.63) is 170 Å². The van der Waals surface area contributed by atoms with Crippen molar-refractivity contribution < 1.29 is 0 Å². The van der Waals surface area contributed by atoms with Gasteiger partial charge in [-0.25, -0.2) is 0 Å². The number of fused-ring (bicyclic) bond motifs is 4. The van der Waals surface area contributed by atoms with Crippen LogP contribution >= 0.6 is 0 Å². The van der Waals surface area contributed by atoms with E-state index in [0.717, 1.165) is 5.69 Å². The number of benzene rings is 7. The zero-order valence-electron chi connectivity index (χ0n) is 27.6. The van der Waals surface area contributed by atoms with Crippen molar-refractivity contribution >= 4 is 62.9 Å². The number of hydrogen-bond acceptors (Lipinski definition) is 3. The Morgan fingerprint density at radius 1 is 0.429 bits per heavy atom. The lowest BCUT2D eigenvalue weighted by atomic mass is 9.33. The molecule has 3 nitrogen and oxygen atoms in total. The number of hydrogen-bond donors (Lipinski definition) is 0. The minimum absolute atomic E-state index is 0.0947. The van der Waals surface area contributed by atoms with Gasteiger partial charge in [0.25, 0.3) is 6.71 Å². The molecule has 0 fully saturated rings. The monoisotopic (exact) mass is 627 g/mol. The molecule has 0 radical (unpaired) electrons. The van der Waals surface area contributed by atoms with Gasteiger partial charge in [-0.15, -0.1) is 0 Å². The molecule has 4 heteroatoms. The Morgan fingerprint density at radius 2 is 0.980 bits per heavy atom. The second-order valence-corrected chi connectivity index (χ2v) is 13.7. The molecule has 0 spiro atoms. The van der Waals surface area contributed by atoms with Gasteiger partial charge in [0.2, 0.25) is 0 Å². The Labute approximate surface area is 288 Å². The maximum absolute atomic E-state index is 2.63. The lowest BCUT2D eigenvalue weighted by molar-refractivity contribution is 0.541. The van der Waals surface area contributed by atoms with Crippen LogP contribution in [0.25, 0.3) is 22.3 Å². The van der Waals surface area contributed by atoms with E-state index in [-0.39, 0.29) is 12.4 Å². The van der Waals surface area contributed by atoms with E-state index >= 15 is 0 Å². The Kier molecular flexibility index (Phi) is 6.01. The lowest BCUT2D eigenvalue weighted by Crippen LogP contribution is -2.63. The zero-order chi connectivity index (χ0) is 32.7. The van der Waals surface area contributed by atoms with Gasteiger partial charge in [-0.3, -0.25) is 0 Å². The molecule has 3 heterocycles. The fourth-order valence-corrected chi connectivity index (χ4v) is 8.77. The number of rotatable bonds is 4. The van der Waals surface area contributed by atoms with E-state index in [1.165, 1.54) is 72.8 Å². The molecular weight excluding hydrogens is 593 g/mol. The van der Waals surface area contributed by atoms with Crippen LogP contribution in [0.15, 0.2) is 170 Å². The Balaban J connectivity index is 1.32. The smallest absolute Gasteiger partial charge is 0.252 e. The summed E-state index contributed by atoms with van der Waals surface area (Å²) in [4.78, 5) is 7.65. The van der Waals surface area contributed by atoms with Crippen LogP contribution in [0.4, 0.5) is 39.8 Å². The highest BCUT2D eigenvalue weighted by Crippen LogP contribution is 2.55. The van der Waals surface area contributed by atoms with Crippen molar-refractivity contribution in [3.63, 3.8) is 0 Å². The second kappa shape index (κ2) is 10.5. The van der Waals surface area contributed by atoms with Crippen molar-refractivity contribution in [2.24, 2.45) is 0 Å². The summed E-state index contributed by atoms with van der Waals surface area (Å²) >= 11 is 0. The van der Waals surface area contributed by atoms with Gasteiger partial charge in [-0.05, 0) is 101 Å². The summed E-state index contributed by atoms with van der Waals surface area (Å²) in [5.74, 6) is 0. The van der Waals surface area contributed by atoms with Crippen LogP contribution < -0.4 is 31.1 Å². The molecule has 7 aromatic carbocycles. The molecule has 232 valence electrons. The quantitative estimate of drug-likeness (QED) is 0.180. The molecule has 0 atom stereocenters. The molecule has 10 rings (SSSR count). The molecule has 0 aromatic heterocycles. The third kappa shape index (κ3) is 3.98. The van der Waals surface area contributed by atoms with Gasteiger partial charge >= 0.3 is 0 Å². The fraction of sp³-hybridized carbons (Fsp3) is 0.0667. The van der Waals surface area contributed by atoms with Gasteiger partial charge < -0.3 is 14.7 Å². The number of nitrogens with zero attached hydrogens (tertiary/aromatic N) is 3. The van der Waals surface area contributed by atoms with Crippen molar-refractivity contribution in [3.8, 4) is 22.3 Å². The molecule has 7 aromatic rings. The standard InChI is InChI=1S/C45H34BN3/c1-45(2)48(34-21-10-5-11-22-34)40-28-16-26-38-44(40)49(45)42-30-32(36-24-13-12-23-35(36)31-17-6-3-7-18-31)29-41-43(42)46(38)37-25-14-15-27-39(37)47(41)33-19-8-4-9-20-33/h3-30H,1-2H3. The highest BCUT2D eigenvalue weighted by molar-refractivity contribution is 7.00. The van der Waals surface area contributed by atoms with E-state index in [9.17, 15) is 0 Å². The maximum Gasteiger partial charge on any atom is 0.252 e. The van der Waals surface area contributed by atoms with E-state index in [1.807, 2.05) is 0 Å². The molecule has 0 saturated carbocycles. The third-order valence-electron chi connectivity index (χ3n) is 10.7. The van der Waals surface area contributed by atoms with Crippen LogP contribution in [0.5, 0.6) is 0 Å². The Morgan fingerprint density at radius 3 is 1.71 bits per heavy atom. The van der Waals surface area contributed by atoms with Crippen LogP contribution in [0, 0.1) is 0 Å². The molecular formula is C45H34BN3. The van der Waals surface area contributed by atoms with E-state index in [0.29, 0.717) is 0 Å². The van der Waals surface area contributed by atoms with Gasteiger partial charge in [0.05, 0.1) is 11.4 Å². The lowest BCUT2D eigenvalue weighted by Gasteiger charge is -2.47. The molecule has 3 aliphatic rings. The van der Waals surface area contributed by atoms with Crippen molar-refractivity contribution in [1.29, 1.82) is 0 Å². The van der Waals surface area contributed by atoms with Crippen molar-refractivity contribution in [1.82, 2.24) is 0 Å². The van der Waals surface area contributed by atoms with Gasteiger partial charge in [0.1, 0.15) is 5.66 Å². The first-order chi connectivity index (χ1) is 24.1. The summed E-state index contributed by atoms with van der Waals surface area (Å²) in [5, 5.41) is 0. The summed E-state index contributed by atoms with van der Waals surface area (Å²) in [5.41, 5.74) is 17.2. The number of para-hydroxylation sites is 4. The molecule has 0 bridgehead atoms. The first-order valence-electron chi connectivity index (χ1n) is 17.2. The Hall–Kier alpha value is -6.00. The first-order valence-corrected chi connectivity index (χ1v) is 17.2. The average molecular weight is 628 g/mol. The van der Waals surface area contributed by atoms with Gasteiger partial charge in [0.15, 0.2) is 0 Å². The van der Waals surface area contributed by atoms with Crippen LogP contribution in [0.2, 0.25) is 0 Å². The largest absolute Gasteiger partial charge is 0.317 e. The fourth-order valence-electron chi connectivity index (χ4n) is 8.77. The summed E-state index contributed by atoms with van der Waals surface area (Å²) in [6.45, 7) is 4.83. The highest BCUT2D eigenvalue weighted by atomic mass is 15.5. The third-order valence-corrected chi connectivity index (χ3v) is 10.7. The average Bonchev–Trinajstić information content (AvgIpc) is 3.40. The van der Waals surface area contributed by atoms with Crippen LogP contribution in [-0.2, 0) is 0 Å². The first kappa shape index (κ1) is 28.1. The highest BCUT2D eigenvalue weighted by Gasteiger charge is 2.52. The van der Waals surface area contributed by atoms with Crippen LogP contribution in [-0.4, -0.2) is 12.4 Å². The predicted molar refractivity (Wildman–Crippen MR) is 208 cm³/mol. The molecule has 0 saturated heterocycles. The summed E-state index contributed by atoms with van der Waals surface area (Å²) < 4.78 is 0. The summed E-state index contributed by atoms with van der Waals surface area (Å²) in [6.07, 6.45) is 0. The maximum atomic E-state index is 2.63. The molecule has 0 unspecified atom stereocenters. The van der Waals surface area contributed by atoms with Gasteiger partial charge in [-0.2, -0.15) is 0 Å².